The summed E-state index contributed by atoms with van der Waals surface area (Å²) < 4.78 is 1.65. The molecule has 2 aromatic heterocycles. The Labute approximate surface area is 138 Å². The molecule has 1 aliphatic rings. The number of aromatic nitrogens is 3. The van der Waals surface area contributed by atoms with E-state index in [1.165, 1.54) is 0 Å². The smallest absolute Gasteiger partial charge is 0.335 e. The summed E-state index contributed by atoms with van der Waals surface area (Å²) in [5.74, 6) is -1.47. The SMILES string of the molecule is Cc1cc(C)n2nc(C)c(C(=O)N3CCC(O)(C(=O)O)CC3)c2n1. The number of rotatable bonds is 2. The fraction of sp³-hybridized carbons (Fsp3) is 0.500. The van der Waals surface area contributed by atoms with E-state index in [-0.39, 0.29) is 31.8 Å². The number of carbonyl (C=O) groups excluding carboxylic acids is 1. The van der Waals surface area contributed by atoms with E-state index in [0.29, 0.717) is 16.9 Å². The van der Waals surface area contributed by atoms with Gasteiger partial charge in [0.05, 0.1) is 5.69 Å². The second-order valence-electron chi connectivity index (χ2n) is 6.36. The largest absolute Gasteiger partial charge is 0.479 e. The topological polar surface area (TPSA) is 108 Å². The van der Waals surface area contributed by atoms with Crippen molar-refractivity contribution >= 4 is 17.5 Å². The first-order valence-electron chi connectivity index (χ1n) is 7.81. The molecule has 1 saturated heterocycles. The number of likely N-dealkylation sites (tertiary alicyclic amines) is 1. The quantitative estimate of drug-likeness (QED) is 0.838. The molecule has 1 aliphatic heterocycles. The van der Waals surface area contributed by atoms with Crippen LogP contribution < -0.4 is 0 Å². The fourth-order valence-corrected chi connectivity index (χ4v) is 3.13. The number of carbonyl (C=O) groups is 2. The molecule has 3 rings (SSSR count). The third-order valence-electron chi connectivity index (χ3n) is 4.56. The number of piperidine rings is 1. The number of nitrogens with zero attached hydrogens (tertiary/aromatic N) is 4. The van der Waals surface area contributed by atoms with Crippen LogP contribution in [0.4, 0.5) is 0 Å². The van der Waals surface area contributed by atoms with Crippen molar-refractivity contribution in [2.24, 2.45) is 0 Å². The number of carboxylic acid groups (broad SMARTS) is 1. The Morgan fingerprint density at radius 1 is 1.21 bits per heavy atom. The average molecular weight is 332 g/mol. The molecule has 0 atom stereocenters. The van der Waals surface area contributed by atoms with Crippen molar-refractivity contribution in [1.29, 1.82) is 0 Å². The number of carboxylic acids is 1. The molecule has 128 valence electrons. The number of aliphatic carboxylic acids is 1. The molecule has 3 heterocycles. The molecule has 0 spiro atoms. The second-order valence-corrected chi connectivity index (χ2v) is 6.36. The zero-order valence-electron chi connectivity index (χ0n) is 13.9. The normalized spacial score (nSPS) is 17.2. The van der Waals surface area contributed by atoms with Crippen LogP contribution in [0.1, 0.15) is 40.3 Å². The Morgan fingerprint density at radius 3 is 2.42 bits per heavy atom. The molecule has 0 aromatic carbocycles. The van der Waals surface area contributed by atoms with Gasteiger partial charge in [-0.05, 0) is 26.8 Å². The number of aliphatic hydroxyl groups is 1. The van der Waals surface area contributed by atoms with Gasteiger partial charge in [0, 0.05) is 37.3 Å². The summed E-state index contributed by atoms with van der Waals surface area (Å²) in [4.78, 5) is 30.0. The van der Waals surface area contributed by atoms with Crippen LogP contribution in [0.25, 0.3) is 5.65 Å². The predicted molar refractivity (Wildman–Crippen MR) is 84.9 cm³/mol. The molecular formula is C16H20N4O4. The molecule has 8 nitrogen and oxygen atoms in total. The Hall–Kier alpha value is -2.48. The van der Waals surface area contributed by atoms with Crippen molar-refractivity contribution in [2.45, 2.75) is 39.2 Å². The third kappa shape index (κ3) is 2.52. The maximum Gasteiger partial charge on any atom is 0.335 e. The van der Waals surface area contributed by atoms with Crippen molar-refractivity contribution in [3.8, 4) is 0 Å². The summed E-state index contributed by atoms with van der Waals surface area (Å²) in [6.45, 7) is 5.88. The summed E-state index contributed by atoms with van der Waals surface area (Å²) in [7, 11) is 0. The molecule has 0 radical (unpaired) electrons. The average Bonchev–Trinajstić information content (AvgIpc) is 2.83. The third-order valence-corrected chi connectivity index (χ3v) is 4.56. The molecule has 0 aliphatic carbocycles. The lowest BCUT2D eigenvalue weighted by molar-refractivity contribution is -0.162. The molecule has 0 saturated carbocycles. The first-order valence-corrected chi connectivity index (χ1v) is 7.81. The van der Waals surface area contributed by atoms with E-state index >= 15 is 0 Å². The molecule has 1 fully saturated rings. The molecule has 2 aromatic rings. The van der Waals surface area contributed by atoms with Gasteiger partial charge in [-0.1, -0.05) is 0 Å². The lowest BCUT2D eigenvalue weighted by Gasteiger charge is -2.35. The molecule has 8 heteroatoms. The number of hydrogen-bond acceptors (Lipinski definition) is 5. The maximum absolute atomic E-state index is 12.9. The minimum absolute atomic E-state index is 0.0117. The van der Waals surface area contributed by atoms with Crippen molar-refractivity contribution < 1.29 is 19.8 Å². The fourth-order valence-electron chi connectivity index (χ4n) is 3.13. The molecule has 0 bridgehead atoms. The monoisotopic (exact) mass is 332 g/mol. The number of fused-ring (bicyclic) bond motifs is 1. The van der Waals surface area contributed by atoms with E-state index in [9.17, 15) is 14.7 Å². The zero-order chi connectivity index (χ0) is 17.6. The minimum Gasteiger partial charge on any atom is -0.479 e. The highest BCUT2D eigenvalue weighted by Crippen LogP contribution is 2.25. The maximum atomic E-state index is 12.9. The van der Waals surface area contributed by atoms with E-state index in [1.807, 2.05) is 19.9 Å². The number of hydrogen-bond donors (Lipinski definition) is 2. The summed E-state index contributed by atoms with van der Waals surface area (Å²) >= 11 is 0. The van der Waals surface area contributed by atoms with Gasteiger partial charge < -0.3 is 15.1 Å². The van der Waals surface area contributed by atoms with E-state index in [4.69, 9.17) is 5.11 Å². The van der Waals surface area contributed by atoms with Crippen LogP contribution in [0.5, 0.6) is 0 Å². The lowest BCUT2D eigenvalue weighted by atomic mass is 9.91. The first kappa shape index (κ1) is 16.4. The Bertz CT molecular complexity index is 834. The summed E-state index contributed by atoms with van der Waals surface area (Å²) in [6.07, 6.45) is 0.0234. The van der Waals surface area contributed by atoms with Gasteiger partial charge in [-0.2, -0.15) is 5.10 Å². The van der Waals surface area contributed by atoms with Crippen LogP contribution in [-0.2, 0) is 4.79 Å². The number of aryl methyl sites for hydroxylation is 3. The van der Waals surface area contributed by atoms with E-state index in [0.717, 1.165) is 11.4 Å². The van der Waals surface area contributed by atoms with Gasteiger partial charge >= 0.3 is 5.97 Å². The highest BCUT2D eigenvalue weighted by Gasteiger charge is 2.41. The van der Waals surface area contributed by atoms with Gasteiger partial charge in [-0.3, -0.25) is 4.79 Å². The Balaban J connectivity index is 1.93. The number of amides is 1. The van der Waals surface area contributed by atoms with Crippen molar-refractivity contribution in [3.63, 3.8) is 0 Å². The van der Waals surface area contributed by atoms with Gasteiger partial charge in [-0.25, -0.2) is 14.3 Å². The van der Waals surface area contributed by atoms with Gasteiger partial charge in [0.2, 0.25) is 0 Å². The summed E-state index contributed by atoms with van der Waals surface area (Å²) in [5.41, 5.74) is 1.46. The van der Waals surface area contributed by atoms with Crippen LogP contribution in [0.15, 0.2) is 6.07 Å². The van der Waals surface area contributed by atoms with Gasteiger partial charge in [0.15, 0.2) is 11.2 Å². The molecule has 0 unspecified atom stereocenters. The first-order chi connectivity index (χ1) is 11.2. The van der Waals surface area contributed by atoms with Crippen molar-refractivity contribution in [1.82, 2.24) is 19.5 Å². The van der Waals surface area contributed by atoms with Crippen molar-refractivity contribution in [2.75, 3.05) is 13.1 Å². The van der Waals surface area contributed by atoms with Gasteiger partial charge in [-0.15, -0.1) is 0 Å². The van der Waals surface area contributed by atoms with Crippen LogP contribution >= 0.6 is 0 Å². The highest BCUT2D eigenvalue weighted by molar-refractivity contribution is 6.01. The molecule has 1 amide bonds. The Kier molecular flexibility index (Phi) is 3.79. The van der Waals surface area contributed by atoms with E-state index in [2.05, 4.69) is 10.1 Å². The van der Waals surface area contributed by atoms with E-state index in [1.54, 1.807) is 16.3 Å². The van der Waals surface area contributed by atoms with Gasteiger partial charge in [0.25, 0.3) is 5.91 Å². The van der Waals surface area contributed by atoms with Crippen LogP contribution in [0, 0.1) is 20.8 Å². The van der Waals surface area contributed by atoms with E-state index < -0.39 is 11.6 Å². The zero-order valence-corrected chi connectivity index (χ0v) is 13.9. The Morgan fingerprint density at radius 2 is 1.83 bits per heavy atom. The standard InChI is InChI=1S/C16H20N4O4/c1-9-8-10(2)20-13(17-9)12(11(3)18-20)14(21)19-6-4-16(24,5-7-19)15(22)23/h8,24H,4-7H2,1-3H3,(H,22,23). The summed E-state index contributed by atoms with van der Waals surface area (Å²) in [5, 5.41) is 23.5. The van der Waals surface area contributed by atoms with Crippen molar-refractivity contribution in [3.05, 3.63) is 28.7 Å². The highest BCUT2D eigenvalue weighted by atomic mass is 16.4. The lowest BCUT2D eigenvalue weighted by Crippen LogP contribution is -2.50. The molecule has 24 heavy (non-hydrogen) atoms. The van der Waals surface area contributed by atoms with Crippen LogP contribution in [-0.4, -0.2) is 60.3 Å². The van der Waals surface area contributed by atoms with Gasteiger partial charge in [0.1, 0.15) is 5.56 Å². The van der Waals surface area contributed by atoms with Crippen LogP contribution in [0.2, 0.25) is 0 Å². The molecular weight excluding hydrogens is 312 g/mol. The molecule has 2 N–H and O–H groups in total. The minimum atomic E-state index is -1.75. The summed E-state index contributed by atoms with van der Waals surface area (Å²) in [6, 6.07) is 1.89. The predicted octanol–water partition coefficient (Wildman–Crippen LogP) is 0.706. The second kappa shape index (κ2) is 5.55. The van der Waals surface area contributed by atoms with Crippen LogP contribution in [0.3, 0.4) is 0 Å².